The summed E-state index contributed by atoms with van der Waals surface area (Å²) in [6, 6.07) is 3.71. The van der Waals surface area contributed by atoms with Crippen LogP contribution in [0.2, 0.25) is 0 Å². The fraction of sp³-hybridized carbons (Fsp3) is 0.300. The molecule has 0 amide bonds. The number of halogens is 2. The molecular weight excluding hydrogens is 368 g/mol. The number of rotatable bonds is 6. The molecule has 146 valence electrons. The van der Waals surface area contributed by atoms with Gasteiger partial charge in [0.15, 0.2) is 5.76 Å². The first-order valence-corrected chi connectivity index (χ1v) is 8.73. The maximum Gasteiger partial charge on any atom is 0.173 e. The quantitative estimate of drug-likeness (QED) is 0.502. The monoisotopic (exact) mass is 387 g/mol. The number of hydrogen-bond acceptors (Lipinski definition) is 5. The summed E-state index contributed by atoms with van der Waals surface area (Å²) >= 11 is 0. The van der Waals surface area contributed by atoms with Gasteiger partial charge in [-0.05, 0) is 25.5 Å². The van der Waals surface area contributed by atoms with Crippen molar-refractivity contribution in [3.8, 4) is 23.2 Å². The zero-order valence-corrected chi connectivity index (χ0v) is 15.2. The molecule has 1 atom stereocenters. The van der Waals surface area contributed by atoms with Gasteiger partial charge in [-0.25, -0.2) is 13.8 Å². The average Bonchev–Trinajstić information content (AvgIpc) is 3.28. The molecule has 1 unspecified atom stereocenters. The highest BCUT2D eigenvalue weighted by molar-refractivity contribution is 5.61. The number of nitrogens with zero attached hydrogens (tertiary/aromatic N) is 3. The molecule has 0 radical (unpaired) electrons. The first-order chi connectivity index (χ1) is 13.5. The molecule has 28 heavy (non-hydrogen) atoms. The normalized spacial score (nSPS) is 11.9. The summed E-state index contributed by atoms with van der Waals surface area (Å²) < 4.78 is 35.7. The Morgan fingerprint density at radius 3 is 2.68 bits per heavy atom. The molecule has 0 aliphatic carbocycles. The van der Waals surface area contributed by atoms with Gasteiger partial charge in [0.2, 0.25) is 0 Å². The number of imidazole rings is 1. The summed E-state index contributed by atoms with van der Waals surface area (Å²) in [5.41, 5.74) is 0.319. The van der Waals surface area contributed by atoms with Gasteiger partial charge in [0.1, 0.15) is 29.3 Å². The topological polar surface area (TPSA) is 84.3 Å². The molecule has 2 aromatic heterocycles. The molecule has 3 aromatic rings. The molecule has 0 bridgehead atoms. The number of hydrogen-bond donors (Lipinski definition) is 2. The fourth-order valence-corrected chi connectivity index (χ4v) is 2.71. The van der Waals surface area contributed by atoms with Crippen molar-refractivity contribution in [2.45, 2.75) is 32.4 Å². The maximum atomic E-state index is 14.4. The minimum absolute atomic E-state index is 0.0158. The summed E-state index contributed by atoms with van der Waals surface area (Å²) in [6.07, 6.45) is 3.40. The molecular formula is C20H19F2N3O3. The van der Waals surface area contributed by atoms with Gasteiger partial charge in [-0.3, -0.25) is 0 Å². The van der Waals surface area contributed by atoms with Crippen molar-refractivity contribution in [3.63, 3.8) is 0 Å². The van der Waals surface area contributed by atoms with Crippen molar-refractivity contribution in [3.05, 3.63) is 59.3 Å². The van der Waals surface area contributed by atoms with Crippen molar-refractivity contribution in [1.82, 2.24) is 14.7 Å². The lowest BCUT2D eigenvalue weighted by Gasteiger charge is -2.07. The zero-order valence-electron chi connectivity index (χ0n) is 15.2. The third-order valence-electron chi connectivity index (χ3n) is 3.99. The van der Waals surface area contributed by atoms with Crippen LogP contribution in [-0.2, 0) is 6.54 Å². The summed E-state index contributed by atoms with van der Waals surface area (Å²) in [4.78, 5) is 4.06. The molecule has 3 rings (SSSR count). The van der Waals surface area contributed by atoms with Crippen LogP contribution in [0.5, 0.6) is 0 Å². The van der Waals surface area contributed by atoms with E-state index < -0.39 is 17.7 Å². The smallest absolute Gasteiger partial charge is 0.173 e. The van der Waals surface area contributed by atoms with Crippen molar-refractivity contribution in [2.75, 3.05) is 6.61 Å². The summed E-state index contributed by atoms with van der Waals surface area (Å²) in [6.45, 7) is 1.84. The molecule has 0 saturated carbocycles. The highest BCUT2D eigenvalue weighted by Crippen LogP contribution is 2.28. The van der Waals surface area contributed by atoms with E-state index in [0.29, 0.717) is 24.4 Å². The molecule has 1 aromatic carbocycles. The summed E-state index contributed by atoms with van der Waals surface area (Å²) in [5.74, 6) is 4.22. The molecule has 6 nitrogen and oxygen atoms in total. The van der Waals surface area contributed by atoms with Crippen LogP contribution in [0.1, 0.15) is 43.0 Å². The number of aromatic nitrogens is 3. The van der Waals surface area contributed by atoms with Gasteiger partial charge in [0.25, 0.3) is 0 Å². The average molecular weight is 387 g/mol. The van der Waals surface area contributed by atoms with Crippen molar-refractivity contribution in [2.24, 2.45) is 0 Å². The first-order valence-electron chi connectivity index (χ1n) is 8.73. The van der Waals surface area contributed by atoms with Gasteiger partial charge >= 0.3 is 0 Å². The molecule has 0 spiro atoms. The molecule has 0 saturated heterocycles. The minimum atomic E-state index is -0.804. The van der Waals surface area contributed by atoms with Crippen LogP contribution in [0.3, 0.4) is 0 Å². The molecule has 2 heterocycles. The Labute approximate surface area is 160 Å². The van der Waals surface area contributed by atoms with E-state index in [1.807, 2.05) is 0 Å². The maximum absolute atomic E-state index is 14.4. The van der Waals surface area contributed by atoms with Gasteiger partial charge in [-0.15, -0.1) is 0 Å². The van der Waals surface area contributed by atoms with E-state index in [1.54, 1.807) is 23.9 Å². The van der Waals surface area contributed by atoms with E-state index in [2.05, 4.69) is 22.0 Å². The molecule has 0 fully saturated rings. The molecule has 0 aliphatic heterocycles. The lowest BCUT2D eigenvalue weighted by molar-refractivity contribution is 0.184. The van der Waals surface area contributed by atoms with Crippen LogP contribution in [-0.4, -0.2) is 31.5 Å². The Morgan fingerprint density at radius 1 is 1.25 bits per heavy atom. The van der Waals surface area contributed by atoms with Crippen LogP contribution in [0.15, 0.2) is 35.1 Å². The van der Waals surface area contributed by atoms with Gasteiger partial charge in [-0.1, -0.05) is 17.0 Å². The number of aliphatic hydroxyl groups is 2. The second kappa shape index (κ2) is 8.78. The number of aliphatic hydroxyl groups excluding tert-OH is 2. The predicted molar refractivity (Wildman–Crippen MR) is 97.0 cm³/mol. The first kappa shape index (κ1) is 19.7. The highest BCUT2D eigenvalue weighted by Gasteiger charge is 2.18. The van der Waals surface area contributed by atoms with Gasteiger partial charge in [-0.2, -0.15) is 0 Å². The van der Waals surface area contributed by atoms with Gasteiger partial charge in [0.05, 0.1) is 12.1 Å². The standard InChI is InChI=1S/C20H19F2N3O3/c1-13(27)20-23-6-7-25(20)12-15-11-18(28-24-15)19-16(21)9-14(10-17(19)22)5-3-2-4-8-26/h6-7,9-11,13,26-27H,2,4,8,12H2,1H3. The Morgan fingerprint density at radius 2 is 2.00 bits per heavy atom. The van der Waals surface area contributed by atoms with E-state index in [4.69, 9.17) is 9.63 Å². The van der Waals surface area contributed by atoms with E-state index in [0.717, 1.165) is 12.1 Å². The second-order valence-corrected chi connectivity index (χ2v) is 6.22. The van der Waals surface area contributed by atoms with Crippen molar-refractivity contribution < 1.29 is 23.5 Å². The largest absolute Gasteiger partial charge is 0.396 e. The molecule has 8 heteroatoms. The minimum Gasteiger partial charge on any atom is -0.396 e. The third kappa shape index (κ3) is 4.44. The fourth-order valence-electron chi connectivity index (χ4n) is 2.71. The Hall–Kier alpha value is -3.02. The number of benzene rings is 1. The lowest BCUT2D eigenvalue weighted by Crippen LogP contribution is -2.07. The lowest BCUT2D eigenvalue weighted by atomic mass is 10.1. The van der Waals surface area contributed by atoms with E-state index in [-0.39, 0.29) is 30.0 Å². The van der Waals surface area contributed by atoms with Gasteiger partial charge in [0, 0.05) is 37.1 Å². The molecule has 2 N–H and O–H groups in total. The van der Waals surface area contributed by atoms with Crippen LogP contribution in [0.4, 0.5) is 8.78 Å². The Kier molecular flexibility index (Phi) is 6.19. The van der Waals surface area contributed by atoms with E-state index in [9.17, 15) is 13.9 Å². The van der Waals surface area contributed by atoms with Crippen LogP contribution in [0, 0.1) is 23.5 Å². The summed E-state index contributed by atoms with van der Waals surface area (Å²) in [5, 5.41) is 22.3. The number of unbranched alkanes of at least 4 members (excludes halogenated alkanes) is 1. The zero-order chi connectivity index (χ0) is 20.1. The SMILES string of the molecule is CC(O)c1nccn1Cc1cc(-c2c(F)cc(C#CCCCO)cc2F)on1. The van der Waals surface area contributed by atoms with E-state index in [1.165, 1.54) is 6.07 Å². The predicted octanol–water partition coefficient (Wildman–Crippen LogP) is 3.04. The van der Waals surface area contributed by atoms with E-state index >= 15 is 0 Å². The van der Waals surface area contributed by atoms with Crippen molar-refractivity contribution >= 4 is 0 Å². The second-order valence-electron chi connectivity index (χ2n) is 6.22. The molecule has 0 aliphatic rings. The Balaban J connectivity index is 1.82. The third-order valence-corrected chi connectivity index (χ3v) is 3.99. The van der Waals surface area contributed by atoms with Crippen molar-refractivity contribution in [1.29, 1.82) is 0 Å². The summed E-state index contributed by atoms with van der Waals surface area (Å²) in [7, 11) is 0. The van der Waals surface area contributed by atoms with Gasteiger partial charge < -0.3 is 19.3 Å². The van der Waals surface area contributed by atoms with Crippen LogP contribution >= 0.6 is 0 Å². The van der Waals surface area contributed by atoms with Crippen LogP contribution < -0.4 is 0 Å². The highest BCUT2D eigenvalue weighted by atomic mass is 19.1. The van der Waals surface area contributed by atoms with Crippen LogP contribution in [0.25, 0.3) is 11.3 Å². The Bertz CT molecular complexity index is 992.